The summed E-state index contributed by atoms with van der Waals surface area (Å²) in [5.41, 5.74) is 1.60. The Morgan fingerprint density at radius 3 is 2.42 bits per heavy atom. The Kier molecular flexibility index (Phi) is 5.34. The van der Waals surface area contributed by atoms with Gasteiger partial charge in [0, 0.05) is 23.6 Å². The van der Waals surface area contributed by atoms with Crippen LogP contribution in [-0.2, 0) is 16.1 Å². The second-order valence-corrected chi connectivity index (χ2v) is 5.57. The first-order valence-corrected chi connectivity index (χ1v) is 7.97. The van der Waals surface area contributed by atoms with E-state index in [0.29, 0.717) is 22.5 Å². The number of carbonyl (C=O) groups excluding carboxylic acids is 2. The molecule has 0 fully saturated rings. The molecule has 0 bridgehead atoms. The fourth-order valence-electron chi connectivity index (χ4n) is 2.61. The van der Waals surface area contributed by atoms with E-state index in [1.165, 1.54) is 7.11 Å². The third kappa shape index (κ3) is 3.60. The van der Waals surface area contributed by atoms with Crippen LogP contribution < -0.4 is 4.74 Å². The third-order valence-corrected chi connectivity index (χ3v) is 3.92. The molecule has 1 heterocycles. The van der Waals surface area contributed by atoms with Gasteiger partial charge in [-0.1, -0.05) is 18.2 Å². The number of methoxy groups -OCH3 is 2. The van der Waals surface area contributed by atoms with Gasteiger partial charge in [0.15, 0.2) is 12.4 Å². The molecule has 0 aliphatic heterocycles. The van der Waals surface area contributed by atoms with E-state index >= 15 is 0 Å². The van der Waals surface area contributed by atoms with E-state index < -0.39 is 5.97 Å². The molecule has 0 spiro atoms. The first-order valence-electron chi connectivity index (χ1n) is 7.97. The summed E-state index contributed by atoms with van der Waals surface area (Å²) in [6.07, 6.45) is 0. The number of hydrogen-bond donors (Lipinski definition) is 0. The number of carbonyl (C=O) groups is 2. The summed E-state index contributed by atoms with van der Waals surface area (Å²) in [6.45, 7) is -0.178. The molecule has 0 N–H and O–H groups in total. The number of furan rings is 1. The number of benzene rings is 2. The first kappa shape index (κ1) is 17.7. The molecule has 3 rings (SSSR count). The van der Waals surface area contributed by atoms with Gasteiger partial charge in [0.25, 0.3) is 0 Å². The van der Waals surface area contributed by atoms with Crippen LogP contribution in [0, 0.1) is 0 Å². The van der Waals surface area contributed by atoms with E-state index in [4.69, 9.17) is 18.6 Å². The Balaban J connectivity index is 1.74. The molecule has 0 atom stereocenters. The molecule has 0 radical (unpaired) electrons. The third-order valence-electron chi connectivity index (χ3n) is 3.92. The smallest absolute Gasteiger partial charge is 0.375 e. The molecule has 0 saturated carbocycles. The Morgan fingerprint density at radius 2 is 1.73 bits per heavy atom. The van der Waals surface area contributed by atoms with Crippen molar-refractivity contribution < 1.29 is 28.2 Å². The second kappa shape index (κ2) is 7.84. The van der Waals surface area contributed by atoms with E-state index in [-0.39, 0.29) is 24.8 Å². The van der Waals surface area contributed by atoms with Crippen molar-refractivity contribution in [1.82, 2.24) is 0 Å². The van der Waals surface area contributed by atoms with E-state index in [0.717, 1.165) is 5.39 Å². The van der Waals surface area contributed by atoms with Crippen LogP contribution in [0.3, 0.4) is 0 Å². The van der Waals surface area contributed by atoms with Gasteiger partial charge in [-0.15, -0.1) is 0 Å². The maximum Gasteiger partial charge on any atom is 0.375 e. The molecule has 26 heavy (non-hydrogen) atoms. The van der Waals surface area contributed by atoms with Crippen LogP contribution in [-0.4, -0.2) is 32.6 Å². The normalized spacial score (nSPS) is 10.7. The largest absolute Gasteiger partial charge is 0.497 e. The molecule has 6 heteroatoms. The van der Waals surface area contributed by atoms with Crippen LogP contribution in [0.25, 0.3) is 11.0 Å². The number of Topliss-reactive ketones (excluding diaryl/α,β-unsaturated/α-hetero) is 1. The fraction of sp³-hybridized carbons (Fsp3) is 0.200. The quantitative estimate of drug-likeness (QED) is 0.476. The van der Waals surface area contributed by atoms with Crippen LogP contribution >= 0.6 is 0 Å². The summed E-state index contributed by atoms with van der Waals surface area (Å²) in [4.78, 5) is 24.6. The Bertz CT molecular complexity index is 923. The van der Waals surface area contributed by atoms with Crippen LogP contribution in [0.4, 0.5) is 0 Å². The van der Waals surface area contributed by atoms with Crippen molar-refractivity contribution in [3.63, 3.8) is 0 Å². The molecule has 0 aliphatic rings. The van der Waals surface area contributed by atoms with Crippen LogP contribution in [0.5, 0.6) is 5.75 Å². The van der Waals surface area contributed by atoms with Gasteiger partial charge in [0.1, 0.15) is 11.3 Å². The molecule has 134 valence electrons. The molecule has 0 unspecified atom stereocenters. The molecule has 0 amide bonds. The molecule has 2 aromatic carbocycles. The van der Waals surface area contributed by atoms with E-state index in [1.807, 2.05) is 18.2 Å². The zero-order valence-electron chi connectivity index (χ0n) is 14.5. The van der Waals surface area contributed by atoms with Gasteiger partial charge in [-0.05, 0) is 30.3 Å². The number of hydrogen-bond acceptors (Lipinski definition) is 6. The maximum absolute atomic E-state index is 12.4. The van der Waals surface area contributed by atoms with Gasteiger partial charge in [0.05, 0.1) is 13.7 Å². The van der Waals surface area contributed by atoms with E-state index in [1.54, 1.807) is 37.4 Å². The standard InChI is InChI=1S/C20H18O6/c1-23-11-16-15-5-3-4-6-18(15)26-19(16)20(22)25-12-17(21)13-7-9-14(24-2)10-8-13/h3-10H,11-12H2,1-2H3. The highest BCUT2D eigenvalue weighted by Crippen LogP contribution is 2.27. The number of fused-ring (bicyclic) bond motifs is 1. The van der Waals surface area contributed by atoms with Gasteiger partial charge < -0.3 is 18.6 Å². The average Bonchev–Trinajstić information content (AvgIpc) is 3.05. The van der Waals surface area contributed by atoms with Crippen molar-refractivity contribution in [2.24, 2.45) is 0 Å². The molecule has 0 aliphatic carbocycles. The predicted molar refractivity (Wildman–Crippen MR) is 94.5 cm³/mol. The van der Waals surface area contributed by atoms with Gasteiger partial charge in [-0.25, -0.2) is 4.79 Å². The zero-order chi connectivity index (χ0) is 18.5. The highest BCUT2D eigenvalue weighted by atomic mass is 16.5. The molecular weight excluding hydrogens is 336 g/mol. The Labute approximate surface area is 150 Å². The Hall–Kier alpha value is -3.12. The minimum Gasteiger partial charge on any atom is -0.497 e. The lowest BCUT2D eigenvalue weighted by atomic mass is 10.1. The van der Waals surface area contributed by atoms with Crippen molar-refractivity contribution in [1.29, 1.82) is 0 Å². The van der Waals surface area contributed by atoms with Gasteiger partial charge in [-0.2, -0.15) is 0 Å². The summed E-state index contributed by atoms with van der Waals surface area (Å²) < 4.78 is 21.0. The maximum atomic E-state index is 12.4. The lowest BCUT2D eigenvalue weighted by molar-refractivity contribution is 0.0441. The zero-order valence-corrected chi connectivity index (χ0v) is 14.5. The van der Waals surface area contributed by atoms with Crippen LogP contribution in [0.2, 0.25) is 0 Å². The molecule has 6 nitrogen and oxygen atoms in total. The highest BCUT2D eigenvalue weighted by Gasteiger charge is 2.22. The number of para-hydroxylation sites is 1. The number of ether oxygens (including phenoxy) is 3. The molecule has 0 saturated heterocycles. The highest BCUT2D eigenvalue weighted by molar-refractivity contribution is 6.00. The monoisotopic (exact) mass is 354 g/mol. The van der Waals surface area contributed by atoms with Crippen molar-refractivity contribution in [2.45, 2.75) is 6.61 Å². The SMILES string of the molecule is COCc1c(C(=O)OCC(=O)c2ccc(OC)cc2)oc2ccccc12. The second-order valence-electron chi connectivity index (χ2n) is 5.57. The van der Waals surface area contributed by atoms with Crippen molar-refractivity contribution >= 4 is 22.7 Å². The topological polar surface area (TPSA) is 75.0 Å². The Morgan fingerprint density at radius 1 is 1.00 bits per heavy atom. The summed E-state index contributed by atoms with van der Waals surface area (Å²) in [5.74, 6) is -0.318. The minimum atomic E-state index is -0.699. The number of ketones is 1. The minimum absolute atomic E-state index is 0.0515. The number of rotatable bonds is 7. The predicted octanol–water partition coefficient (Wildman–Crippen LogP) is 3.63. The van der Waals surface area contributed by atoms with Gasteiger partial charge >= 0.3 is 5.97 Å². The van der Waals surface area contributed by atoms with Gasteiger partial charge in [-0.3, -0.25) is 4.79 Å². The molecule has 1 aromatic heterocycles. The molecular formula is C20H18O6. The van der Waals surface area contributed by atoms with Crippen molar-refractivity contribution in [3.8, 4) is 5.75 Å². The summed E-state index contributed by atoms with van der Waals surface area (Å²) in [6, 6.07) is 13.8. The van der Waals surface area contributed by atoms with Crippen LogP contribution in [0.1, 0.15) is 26.5 Å². The average molecular weight is 354 g/mol. The summed E-state index contributed by atoms with van der Waals surface area (Å²) in [5, 5.41) is 0.780. The lowest BCUT2D eigenvalue weighted by Crippen LogP contribution is -2.15. The van der Waals surface area contributed by atoms with E-state index in [2.05, 4.69) is 0 Å². The van der Waals surface area contributed by atoms with E-state index in [9.17, 15) is 9.59 Å². The van der Waals surface area contributed by atoms with Crippen molar-refractivity contribution in [2.75, 3.05) is 20.8 Å². The first-order chi connectivity index (χ1) is 12.6. The number of esters is 1. The van der Waals surface area contributed by atoms with Gasteiger partial charge in [0.2, 0.25) is 5.76 Å². The summed E-state index contributed by atoms with van der Waals surface area (Å²) in [7, 11) is 3.08. The van der Waals surface area contributed by atoms with Crippen LogP contribution in [0.15, 0.2) is 52.9 Å². The summed E-state index contributed by atoms with van der Waals surface area (Å²) >= 11 is 0. The fourth-order valence-corrected chi connectivity index (χ4v) is 2.61. The lowest BCUT2D eigenvalue weighted by Gasteiger charge is -2.05. The van der Waals surface area contributed by atoms with Crippen molar-refractivity contribution in [3.05, 3.63) is 65.4 Å². The molecule has 3 aromatic rings.